The Kier molecular flexibility index (Phi) is 4.83. The first kappa shape index (κ1) is 17.4. The Morgan fingerprint density at radius 3 is 2.42 bits per heavy atom. The number of anilines is 1. The van der Waals surface area contributed by atoms with E-state index in [0.29, 0.717) is 23.3 Å². The van der Waals surface area contributed by atoms with Gasteiger partial charge in [0.1, 0.15) is 0 Å². The van der Waals surface area contributed by atoms with Gasteiger partial charge in [-0.15, -0.1) is 0 Å². The highest BCUT2D eigenvalue weighted by atomic mass is 19.2. The highest BCUT2D eigenvalue weighted by Crippen LogP contribution is 2.20. The lowest BCUT2D eigenvalue weighted by Gasteiger charge is -2.09. The van der Waals surface area contributed by atoms with Crippen molar-refractivity contribution < 1.29 is 22.8 Å². The molecule has 0 unspecified atom stereocenters. The molecule has 2 N–H and O–H groups in total. The van der Waals surface area contributed by atoms with Crippen molar-refractivity contribution in [2.75, 3.05) is 11.9 Å². The molecule has 0 radical (unpaired) electrons. The average Bonchev–Trinajstić information content (AvgIpc) is 2.64. The van der Waals surface area contributed by atoms with Gasteiger partial charge in [0.15, 0.2) is 17.5 Å². The standard InChI is InChI=1S/C18H12F3N3O2/c19-12-7-11(8-13(20)16(12)21)18(26)23-9-15(25)24-14-5-1-3-10-4-2-6-22-17(10)14/h1-8H,9H2,(H,23,26)(H,24,25). The summed E-state index contributed by atoms with van der Waals surface area (Å²) in [6, 6.07) is 9.92. The van der Waals surface area contributed by atoms with Crippen LogP contribution in [0, 0.1) is 17.5 Å². The van der Waals surface area contributed by atoms with Gasteiger partial charge in [-0.25, -0.2) is 13.2 Å². The van der Waals surface area contributed by atoms with Gasteiger partial charge in [0.25, 0.3) is 5.91 Å². The molecular weight excluding hydrogens is 347 g/mol. The molecule has 0 aliphatic rings. The summed E-state index contributed by atoms with van der Waals surface area (Å²) in [5.41, 5.74) is 0.611. The summed E-state index contributed by atoms with van der Waals surface area (Å²) in [5.74, 6) is -6.10. The number of amides is 2. The lowest BCUT2D eigenvalue weighted by Crippen LogP contribution is -2.33. The van der Waals surface area contributed by atoms with E-state index in [0.717, 1.165) is 5.39 Å². The van der Waals surface area contributed by atoms with Crippen LogP contribution in [0.5, 0.6) is 0 Å². The minimum atomic E-state index is -1.66. The van der Waals surface area contributed by atoms with Crippen LogP contribution in [0.2, 0.25) is 0 Å². The molecule has 1 aromatic heterocycles. The van der Waals surface area contributed by atoms with Gasteiger partial charge in [0, 0.05) is 17.1 Å². The van der Waals surface area contributed by atoms with E-state index in [1.54, 1.807) is 24.4 Å². The fourth-order valence-corrected chi connectivity index (χ4v) is 2.35. The molecule has 1 heterocycles. The van der Waals surface area contributed by atoms with E-state index in [9.17, 15) is 22.8 Å². The number of aromatic nitrogens is 1. The Morgan fingerprint density at radius 1 is 1.00 bits per heavy atom. The summed E-state index contributed by atoms with van der Waals surface area (Å²) >= 11 is 0. The summed E-state index contributed by atoms with van der Waals surface area (Å²) in [7, 11) is 0. The zero-order chi connectivity index (χ0) is 18.7. The number of nitrogens with one attached hydrogen (secondary N) is 2. The van der Waals surface area contributed by atoms with E-state index in [1.807, 2.05) is 12.1 Å². The van der Waals surface area contributed by atoms with Gasteiger partial charge in [-0.3, -0.25) is 14.6 Å². The third kappa shape index (κ3) is 3.64. The monoisotopic (exact) mass is 359 g/mol. The second-order valence-corrected chi connectivity index (χ2v) is 5.37. The number of fused-ring (bicyclic) bond motifs is 1. The molecule has 0 spiro atoms. The van der Waals surface area contributed by atoms with Gasteiger partial charge >= 0.3 is 0 Å². The minimum Gasteiger partial charge on any atom is -0.343 e. The van der Waals surface area contributed by atoms with Crippen molar-refractivity contribution in [3.63, 3.8) is 0 Å². The summed E-state index contributed by atoms with van der Waals surface area (Å²) in [4.78, 5) is 28.1. The average molecular weight is 359 g/mol. The quantitative estimate of drug-likeness (QED) is 0.704. The number of rotatable bonds is 4. The van der Waals surface area contributed by atoms with Crippen LogP contribution in [0.25, 0.3) is 10.9 Å². The molecule has 0 aliphatic carbocycles. The minimum absolute atomic E-state index is 0.430. The highest BCUT2D eigenvalue weighted by Gasteiger charge is 2.16. The van der Waals surface area contributed by atoms with Crippen molar-refractivity contribution in [3.8, 4) is 0 Å². The number of hydrogen-bond acceptors (Lipinski definition) is 3. The Bertz CT molecular complexity index is 980. The predicted molar refractivity (Wildman–Crippen MR) is 89.0 cm³/mol. The topological polar surface area (TPSA) is 71.1 Å². The number of halogens is 3. The number of carbonyl (C=O) groups excluding carboxylic acids is 2. The molecule has 2 amide bonds. The van der Waals surface area contributed by atoms with Crippen LogP contribution in [-0.4, -0.2) is 23.3 Å². The van der Waals surface area contributed by atoms with Crippen molar-refractivity contribution in [1.29, 1.82) is 0 Å². The Labute approximate surface area is 145 Å². The summed E-state index contributed by atoms with van der Waals surface area (Å²) in [6.07, 6.45) is 1.58. The molecule has 0 saturated heterocycles. The molecular formula is C18H12F3N3O2. The molecule has 3 aromatic rings. The lowest BCUT2D eigenvalue weighted by molar-refractivity contribution is -0.115. The molecule has 0 fully saturated rings. The third-order valence-corrected chi connectivity index (χ3v) is 3.56. The van der Waals surface area contributed by atoms with E-state index in [-0.39, 0.29) is 0 Å². The first-order chi connectivity index (χ1) is 12.5. The van der Waals surface area contributed by atoms with E-state index in [1.165, 1.54) is 0 Å². The second kappa shape index (κ2) is 7.22. The van der Waals surface area contributed by atoms with E-state index in [4.69, 9.17) is 0 Å². The second-order valence-electron chi connectivity index (χ2n) is 5.37. The normalized spacial score (nSPS) is 10.6. The van der Waals surface area contributed by atoms with Crippen molar-refractivity contribution in [3.05, 3.63) is 71.7 Å². The fraction of sp³-hybridized carbons (Fsp3) is 0.0556. The molecule has 0 saturated carbocycles. The summed E-state index contributed by atoms with van der Waals surface area (Å²) < 4.78 is 39.2. The maximum atomic E-state index is 13.2. The molecule has 0 atom stereocenters. The summed E-state index contributed by atoms with van der Waals surface area (Å²) in [6.45, 7) is -0.442. The van der Waals surface area contributed by atoms with Crippen LogP contribution in [0.1, 0.15) is 10.4 Å². The Hall–Kier alpha value is -3.42. The number of carbonyl (C=O) groups is 2. The highest BCUT2D eigenvalue weighted by molar-refractivity contribution is 6.03. The van der Waals surface area contributed by atoms with Gasteiger partial charge in [-0.05, 0) is 24.3 Å². The number of para-hydroxylation sites is 1. The Morgan fingerprint density at radius 2 is 1.69 bits per heavy atom. The maximum absolute atomic E-state index is 13.2. The zero-order valence-electron chi connectivity index (χ0n) is 13.2. The maximum Gasteiger partial charge on any atom is 0.251 e. The molecule has 3 rings (SSSR count). The number of benzene rings is 2. The number of hydrogen-bond donors (Lipinski definition) is 2. The van der Waals surface area contributed by atoms with Crippen LogP contribution in [0.4, 0.5) is 18.9 Å². The SMILES string of the molecule is O=C(CNC(=O)c1cc(F)c(F)c(F)c1)Nc1cccc2cccnc12. The first-order valence-electron chi connectivity index (χ1n) is 7.52. The smallest absolute Gasteiger partial charge is 0.251 e. The molecule has 26 heavy (non-hydrogen) atoms. The van der Waals surface area contributed by atoms with Crippen LogP contribution in [0.3, 0.4) is 0 Å². The van der Waals surface area contributed by atoms with Crippen LogP contribution < -0.4 is 10.6 Å². The van der Waals surface area contributed by atoms with Crippen LogP contribution >= 0.6 is 0 Å². The van der Waals surface area contributed by atoms with Gasteiger partial charge < -0.3 is 10.6 Å². The predicted octanol–water partition coefficient (Wildman–Crippen LogP) is 3.02. The number of nitrogens with zero attached hydrogens (tertiary/aromatic N) is 1. The zero-order valence-corrected chi connectivity index (χ0v) is 13.2. The largest absolute Gasteiger partial charge is 0.343 e. The third-order valence-electron chi connectivity index (χ3n) is 3.56. The lowest BCUT2D eigenvalue weighted by atomic mass is 10.2. The summed E-state index contributed by atoms with van der Waals surface area (Å²) in [5, 5.41) is 5.64. The fourth-order valence-electron chi connectivity index (χ4n) is 2.35. The molecule has 132 valence electrons. The van der Waals surface area contributed by atoms with Gasteiger partial charge in [0.05, 0.1) is 17.7 Å². The number of pyridine rings is 1. The van der Waals surface area contributed by atoms with E-state index in [2.05, 4.69) is 15.6 Å². The van der Waals surface area contributed by atoms with E-state index < -0.39 is 41.4 Å². The van der Waals surface area contributed by atoms with Crippen molar-refractivity contribution >= 4 is 28.4 Å². The molecule has 8 heteroatoms. The van der Waals surface area contributed by atoms with Crippen molar-refractivity contribution in [2.24, 2.45) is 0 Å². The van der Waals surface area contributed by atoms with Gasteiger partial charge in [-0.1, -0.05) is 18.2 Å². The van der Waals surface area contributed by atoms with Crippen LogP contribution in [0.15, 0.2) is 48.7 Å². The van der Waals surface area contributed by atoms with E-state index >= 15 is 0 Å². The van der Waals surface area contributed by atoms with Crippen molar-refractivity contribution in [2.45, 2.75) is 0 Å². The van der Waals surface area contributed by atoms with Crippen molar-refractivity contribution in [1.82, 2.24) is 10.3 Å². The Balaban J connectivity index is 1.66. The molecule has 2 aromatic carbocycles. The van der Waals surface area contributed by atoms with Gasteiger partial charge in [-0.2, -0.15) is 0 Å². The molecule has 0 bridgehead atoms. The van der Waals surface area contributed by atoms with Crippen LogP contribution in [-0.2, 0) is 4.79 Å². The van der Waals surface area contributed by atoms with Gasteiger partial charge in [0.2, 0.25) is 5.91 Å². The molecule has 5 nitrogen and oxygen atoms in total. The first-order valence-corrected chi connectivity index (χ1v) is 7.52. The molecule has 0 aliphatic heterocycles.